The molecule has 0 aromatic rings. The van der Waals surface area contributed by atoms with E-state index in [9.17, 15) is 14.7 Å². The predicted molar refractivity (Wildman–Crippen MR) is 68.7 cm³/mol. The Bertz CT molecular complexity index is 282. The normalized spacial score (nSPS) is 14.0. The minimum absolute atomic E-state index is 0.204. The van der Waals surface area contributed by atoms with Crippen molar-refractivity contribution in [2.75, 3.05) is 0 Å². The fourth-order valence-electron chi connectivity index (χ4n) is 1.63. The topological polar surface area (TPSA) is 54.4 Å². The van der Waals surface area contributed by atoms with Crippen LogP contribution in [0.4, 0.5) is 0 Å². The van der Waals surface area contributed by atoms with Crippen LogP contribution in [0.25, 0.3) is 0 Å². The third kappa shape index (κ3) is 4.23. The van der Waals surface area contributed by atoms with Crippen molar-refractivity contribution >= 4 is 11.6 Å². The first-order valence-electron chi connectivity index (χ1n) is 6.00. The standard InChI is InChI=1S/C14H26O3/c1-12(2,3)10(15)9(14(7,8)17)11(16)13(4,5)6/h9,17H,1-8H3. The molecule has 0 aliphatic rings. The average molecular weight is 242 g/mol. The van der Waals surface area contributed by atoms with Gasteiger partial charge in [0.1, 0.15) is 5.92 Å². The van der Waals surface area contributed by atoms with Gasteiger partial charge in [-0.05, 0) is 13.8 Å². The number of hydrogen-bond donors (Lipinski definition) is 1. The van der Waals surface area contributed by atoms with Crippen molar-refractivity contribution in [3.05, 3.63) is 0 Å². The molecule has 0 bridgehead atoms. The molecule has 0 rings (SSSR count). The molecule has 0 aromatic heterocycles. The molecule has 3 heteroatoms. The number of rotatable bonds is 3. The maximum absolute atomic E-state index is 12.3. The molecule has 0 amide bonds. The molecular weight excluding hydrogens is 216 g/mol. The third-order valence-electron chi connectivity index (χ3n) is 2.71. The van der Waals surface area contributed by atoms with Crippen LogP contribution >= 0.6 is 0 Å². The van der Waals surface area contributed by atoms with Crippen molar-refractivity contribution in [3.8, 4) is 0 Å². The summed E-state index contributed by atoms with van der Waals surface area (Å²) in [7, 11) is 0. The fourth-order valence-corrected chi connectivity index (χ4v) is 1.63. The molecule has 0 atom stereocenters. The third-order valence-corrected chi connectivity index (χ3v) is 2.71. The summed E-state index contributed by atoms with van der Waals surface area (Å²) < 4.78 is 0. The van der Waals surface area contributed by atoms with Gasteiger partial charge < -0.3 is 5.11 Å². The van der Waals surface area contributed by atoms with Crippen LogP contribution in [0.15, 0.2) is 0 Å². The highest BCUT2D eigenvalue weighted by atomic mass is 16.3. The highest BCUT2D eigenvalue weighted by molar-refractivity contribution is 6.07. The Morgan fingerprint density at radius 2 is 1.00 bits per heavy atom. The highest BCUT2D eigenvalue weighted by Gasteiger charge is 2.46. The van der Waals surface area contributed by atoms with E-state index in [4.69, 9.17) is 0 Å². The Kier molecular flexibility index (Phi) is 4.34. The quantitative estimate of drug-likeness (QED) is 0.774. The first-order valence-corrected chi connectivity index (χ1v) is 6.00. The summed E-state index contributed by atoms with van der Waals surface area (Å²) in [4.78, 5) is 24.6. The molecule has 0 unspecified atom stereocenters. The smallest absolute Gasteiger partial charge is 0.151 e. The van der Waals surface area contributed by atoms with Gasteiger partial charge in [-0.1, -0.05) is 41.5 Å². The minimum atomic E-state index is -1.32. The van der Waals surface area contributed by atoms with E-state index in [1.54, 1.807) is 41.5 Å². The van der Waals surface area contributed by atoms with Gasteiger partial charge in [0.2, 0.25) is 0 Å². The van der Waals surface area contributed by atoms with Crippen molar-refractivity contribution in [1.82, 2.24) is 0 Å². The zero-order chi connectivity index (χ0) is 14.2. The zero-order valence-corrected chi connectivity index (χ0v) is 12.3. The Morgan fingerprint density at radius 1 is 0.765 bits per heavy atom. The van der Waals surface area contributed by atoms with Crippen LogP contribution in [0, 0.1) is 16.7 Å². The second kappa shape index (κ2) is 4.52. The number of carbonyl (C=O) groups excluding carboxylic acids is 2. The molecule has 17 heavy (non-hydrogen) atoms. The molecule has 0 heterocycles. The van der Waals surface area contributed by atoms with Gasteiger partial charge >= 0.3 is 0 Å². The lowest BCUT2D eigenvalue weighted by Gasteiger charge is -2.35. The van der Waals surface area contributed by atoms with Gasteiger partial charge in [0, 0.05) is 10.8 Å². The SMILES string of the molecule is CC(C)(C)C(=O)C(C(=O)C(C)(C)C)C(C)(C)O. The van der Waals surface area contributed by atoms with Crippen LogP contribution in [-0.4, -0.2) is 22.3 Å². The van der Waals surface area contributed by atoms with Gasteiger partial charge in [0.05, 0.1) is 5.60 Å². The Balaban J connectivity index is 5.50. The van der Waals surface area contributed by atoms with E-state index in [2.05, 4.69) is 0 Å². The summed E-state index contributed by atoms with van der Waals surface area (Å²) in [6, 6.07) is 0. The van der Waals surface area contributed by atoms with Crippen LogP contribution in [0.1, 0.15) is 55.4 Å². The van der Waals surface area contributed by atoms with Crippen LogP contribution < -0.4 is 0 Å². The molecule has 3 nitrogen and oxygen atoms in total. The Morgan fingerprint density at radius 3 is 1.12 bits per heavy atom. The van der Waals surface area contributed by atoms with Crippen molar-refractivity contribution in [3.63, 3.8) is 0 Å². The summed E-state index contributed by atoms with van der Waals surface area (Å²) in [5.74, 6) is -1.38. The maximum Gasteiger partial charge on any atom is 0.151 e. The molecule has 0 aromatic carbocycles. The number of aliphatic hydroxyl groups is 1. The average Bonchev–Trinajstić information content (AvgIpc) is 1.97. The van der Waals surface area contributed by atoms with Gasteiger partial charge in [0.25, 0.3) is 0 Å². The second-order valence-corrected chi connectivity index (χ2v) is 7.32. The van der Waals surface area contributed by atoms with E-state index in [0.717, 1.165) is 0 Å². The van der Waals surface area contributed by atoms with Gasteiger partial charge in [-0.25, -0.2) is 0 Å². The van der Waals surface area contributed by atoms with E-state index in [0.29, 0.717) is 0 Å². The summed E-state index contributed by atoms with van der Waals surface area (Å²) >= 11 is 0. The molecule has 0 saturated heterocycles. The van der Waals surface area contributed by atoms with Gasteiger partial charge in [0.15, 0.2) is 11.6 Å². The second-order valence-electron chi connectivity index (χ2n) is 7.32. The molecule has 0 aliphatic carbocycles. The molecule has 1 N–H and O–H groups in total. The zero-order valence-electron chi connectivity index (χ0n) is 12.3. The van der Waals surface area contributed by atoms with E-state index in [1.807, 2.05) is 0 Å². The summed E-state index contributed by atoms with van der Waals surface area (Å²) in [6.45, 7) is 13.6. The van der Waals surface area contributed by atoms with Crippen LogP contribution in [0.3, 0.4) is 0 Å². The van der Waals surface area contributed by atoms with Crippen molar-refractivity contribution in [2.24, 2.45) is 16.7 Å². The molecular formula is C14H26O3. The van der Waals surface area contributed by atoms with E-state index < -0.39 is 22.3 Å². The fraction of sp³-hybridized carbons (Fsp3) is 0.857. The molecule has 0 aliphatic heterocycles. The first kappa shape index (κ1) is 16.3. The largest absolute Gasteiger partial charge is 0.389 e. The number of Topliss-reactive ketones (excluding diaryl/α,β-unsaturated/α-hetero) is 2. The van der Waals surface area contributed by atoms with E-state index >= 15 is 0 Å². The molecule has 0 fully saturated rings. The van der Waals surface area contributed by atoms with Crippen LogP contribution in [0.5, 0.6) is 0 Å². The summed E-state index contributed by atoms with van der Waals surface area (Å²) in [5.41, 5.74) is -2.59. The minimum Gasteiger partial charge on any atom is -0.389 e. The monoisotopic (exact) mass is 242 g/mol. The predicted octanol–water partition coefficient (Wildman–Crippen LogP) is 2.60. The van der Waals surface area contributed by atoms with Crippen LogP contribution in [0.2, 0.25) is 0 Å². The number of hydrogen-bond acceptors (Lipinski definition) is 3. The van der Waals surface area contributed by atoms with Gasteiger partial charge in [-0.15, -0.1) is 0 Å². The van der Waals surface area contributed by atoms with E-state index in [-0.39, 0.29) is 11.6 Å². The molecule has 100 valence electrons. The summed E-state index contributed by atoms with van der Waals surface area (Å²) in [5, 5.41) is 10.1. The lowest BCUT2D eigenvalue weighted by Crippen LogP contribution is -2.50. The van der Waals surface area contributed by atoms with Crippen LogP contribution in [-0.2, 0) is 9.59 Å². The first-order chi connectivity index (χ1) is 7.19. The Hall–Kier alpha value is -0.700. The maximum atomic E-state index is 12.3. The van der Waals surface area contributed by atoms with Gasteiger partial charge in [-0.3, -0.25) is 9.59 Å². The van der Waals surface area contributed by atoms with Crippen molar-refractivity contribution < 1.29 is 14.7 Å². The van der Waals surface area contributed by atoms with E-state index in [1.165, 1.54) is 13.8 Å². The highest BCUT2D eigenvalue weighted by Crippen LogP contribution is 2.33. The van der Waals surface area contributed by atoms with Crippen molar-refractivity contribution in [2.45, 2.75) is 61.0 Å². The number of ketones is 2. The summed E-state index contributed by atoms with van der Waals surface area (Å²) in [6.07, 6.45) is 0. The Labute approximate surface area is 105 Å². The van der Waals surface area contributed by atoms with Gasteiger partial charge in [-0.2, -0.15) is 0 Å². The molecule has 0 radical (unpaired) electrons. The number of carbonyl (C=O) groups is 2. The lowest BCUT2D eigenvalue weighted by molar-refractivity contribution is -0.151. The molecule has 0 saturated carbocycles. The van der Waals surface area contributed by atoms with Crippen molar-refractivity contribution in [1.29, 1.82) is 0 Å². The molecule has 0 spiro atoms. The lowest BCUT2D eigenvalue weighted by atomic mass is 9.69.